The highest BCUT2D eigenvalue weighted by atomic mass is 32.2. The number of amides is 1. The van der Waals surface area contributed by atoms with Crippen LogP contribution in [0.3, 0.4) is 0 Å². The zero-order valence-electron chi connectivity index (χ0n) is 11.4. The lowest BCUT2D eigenvalue weighted by Gasteiger charge is -2.12. The topological polar surface area (TPSA) is 78.8 Å². The summed E-state index contributed by atoms with van der Waals surface area (Å²) in [6.07, 6.45) is 1.28. The monoisotopic (exact) mass is 304 g/mol. The average molecular weight is 304 g/mol. The molecule has 1 heterocycles. The van der Waals surface area contributed by atoms with E-state index in [1.807, 2.05) is 30.3 Å². The van der Waals surface area contributed by atoms with Crippen LogP contribution in [-0.2, 0) is 9.59 Å². The number of aliphatic carboxylic acids is 1. The van der Waals surface area contributed by atoms with Gasteiger partial charge in [-0.2, -0.15) is 0 Å². The molecule has 1 aliphatic heterocycles. The van der Waals surface area contributed by atoms with Gasteiger partial charge < -0.3 is 10.4 Å². The van der Waals surface area contributed by atoms with Gasteiger partial charge in [-0.25, -0.2) is 0 Å². The van der Waals surface area contributed by atoms with Gasteiger partial charge in [-0.3, -0.25) is 14.6 Å². The van der Waals surface area contributed by atoms with E-state index in [9.17, 15) is 9.59 Å². The third-order valence-electron chi connectivity index (χ3n) is 3.88. The van der Waals surface area contributed by atoms with Crippen LogP contribution in [0.4, 0.5) is 0 Å². The Labute approximate surface area is 126 Å². The lowest BCUT2D eigenvalue weighted by molar-refractivity contribution is -0.143. The van der Waals surface area contributed by atoms with Gasteiger partial charge in [0.2, 0.25) is 5.91 Å². The maximum absolute atomic E-state index is 12.1. The fourth-order valence-electron chi connectivity index (χ4n) is 2.24. The Morgan fingerprint density at radius 2 is 2.05 bits per heavy atom. The molecule has 1 fully saturated rings. The molecule has 21 heavy (non-hydrogen) atoms. The highest BCUT2D eigenvalue weighted by molar-refractivity contribution is 8.14. The molecule has 110 valence electrons. The van der Waals surface area contributed by atoms with Gasteiger partial charge in [0.25, 0.3) is 0 Å². The van der Waals surface area contributed by atoms with Crippen LogP contribution in [0.15, 0.2) is 35.3 Å². The first kappa shape index (κ1) is 14.1. The summed E-state index contributed by atoms with van der Waals surface area (Å²) in [4.78, 5) is 27.6. The summed E-state index contributed by atoms with van der Waals surface area (Å²) < 4.78 is 0. The summed E-state index contributed by atoms with van der Waals surface area (Å²) in [6.45, 7) is 0.207. The molecule has 1 amide bonds. The van der Waals surface area contributed by atoms with E-state index in [4.69, 9.17) is 5.11 Å². The number of carbonyl (C=O) groups is 2. The van der Waals surface area contributed by atoms with Crippen LogP contribution in [0.2, 0.25) is 0 Å². The van der Waals surface area contributed by atoms with Crippen LogP contribution in [0, 0.1) is 5.41 Å². The molecular formula is C15H16N2O3S. The van der Waals surface area contributed by atoms with Crippen LogP contribution < -0.4 is 5.32 Å². The second-order valence-corrected chi connectivity index (χ2v) is 6.44. The van der Waals surface area contributed by atoms with Crippen molar-refractivity contribution >= 4 is 28.7 Å². The van der Waals surface area contributed by atoms with Crippen molar-refractivity contribution in [3.63, 3.8) is 0 Å². The normalized spacial score (nSPS) is 22.5. The molecule has 0 aromatic heterocycles. The maximum Gasteiger partial charge on any atom is 0.311 e. The van der Waals surface area contributed by atoms with E-state index in [2.05, 4.69) is 10.3 Å². The smallest absolute Gasteiger partial charge is 0.311 e. The van der Waals surface area contributed by atoms with E-state index in [0.29, 0.717) is 18.6 Å². The summed E-state index contributed by atoms with van der Waals surface area (Å²) in [6, 6.07) is 9.33. The minimum Gasteiger partial charge on any atom is -0.481 e. The van der Waals surface area contributed by atoms with E-state index in [-0.39, 0.29) is 12.5 Å². The summed E-state index contributed by atoms with van der Waals surface area (Å²) in [5.74, 6) is -0.395. The number of benzene rings is 1. The zero-order valence-corrected chi connectivity index (χ0v) is 12.2. The zero-order chi connectivity index (χ0) is 14.9. The molecule has 3 rings (SSSR count). The first-order valence-electron chi connectivity index (χ1n) is 6.88. The number of hydrogen-bond donors (Lipinski definition) is 2. The first-order chi connectivity index (χ1) is 10.1. The quantitative estimate of drug-likeness (QED) is 0.864. The van der Waals surface area contributed by atoms with Crippen molar-refractivity contribution in [1.82, 2.24) is 5.32 Å². The lowest BCUT2D eigenvalue weighted by Crippen LogP contribution is -2.39. The van der Waals surface area contributed by atoms with Crippen molar-refractivity contribution in [3.8, 4) is 0 Å². The number of aliphatic imine (C=N–C) groups is 1. The fraction of sp³-hybridized carbons (Fsp3) is 0.400. The second-order valence-electron chi connectivity index (χ2n) is 5.43. The Hall–Kier alpha value is -1.82. The molecule has 0 saturated heterocycles. The van der Waals surface area contributed by atoms with E-state index in [0.717, 1.165) is 10.6 Å². The SMILES string of the molecule is O=C(NCC1(C(=O)O)CC1)C1CSC(c2ccccc2)=N1. The van der Waals surface area contributed by atoms with Crippen molar-refractivity contribution in [2.24, 2.45) is 10.4 Å². The molecule has 1 aliphatic carbocycles. The molecule has 0 radical (unpaired) electrons. The summed E-state index contributed by atoms with van der Waals surface area (Å²) >= 11 is 1.56. The third-order valence-corrected chi connectivity index (χ3v) is 4.98. The molecule has 1 aromatic carbocycles. The van der Waals surface area contributed by atoms with Crippen LogP contribution in [0.5, 0.6) is 0 Å². The summed E-state index contributed by atoms with van der Waals surface area (Å²) in [7, 11) is 0. The standard InChI is InChI=1S/C15H16N2O3S/c18-12(16-9-15(6-7-15)14(19)20)11-8-21-13(17-11)10-4-2-1-3-5-10/h1-5,11H,6-9H2,(H,16,18)(H,19,20). The van der Waals surface area contributed by atoms with Crippen LogP contribution in [-0.4, -0.2) is 40.4 Å². The Morgan fingerprint density at radius 3 is 2.67 bits per heavy atom. The number of carboxylic acids is 1. The van der Waals surface area contributed by atoms with E-state index < -0.39 is 17.4 Å². The summed E-state index contributed by atoms with van der Waals surface area (Å²) in [5.41, 5.74) is 0.287. The van der Waals surface area contributed by atoms with Gasteiger partial charge in [-0.1, -0.05) is 30.3 Å². The number of carbonyl (C=O) groups excluding carboxylic acids is 1. The predicted octanol–water partition coefficient (Wildman–Crippen LogP) is 1.53. The first-order valence-corrected chi connectivity index (χ1v) is 7.86. The van der Waals surface area contributed by atoms with Crippen molar-refractivity contribution in [2.75, 3.05) is 12.3 Å². The molecule has 2 N–H and O–H groups in total. The second kappa shape index (κ2) is 5.52. The number of nitrogens with one attached hydrogen (secondary N) is 1. The lowest BCUT2D eigenvalue weighted by atomic mass is 10.1. The van der Waals surface area contributed by atoms with Gasteiger partial charge in [-0.05, 0) is 12.8 Å². The molecular weight excluding hydrogens is 288 g/mol. The Bertz CT molecular complexity index is 596. The molecule has 1 aromatic rings. The maximum atomic E-state index is 12.1. The fourth-order valence-corrected chi connectivity index (χ4v) is 3.28. The van der Waals surface area contributed by atoms with Gasteiger partial charge in [0.15, 0.2) is 0 Å². The minimum atomic E-state index is -0.822. The molecule has 2 aliphatic rings. The Balaban J connectivity index is 1.59. The van der Waals surface area contributed by atoms with Gasteiger partial charge in [0.1, 0.15) is 6.04 Å². The summed E-state index contributed by atoms with van der Waals surface area (Å²) in [5, 5.41) is 12.7. The average Bonchev–Trinajstić information content (AvgIpc) is 3.14. The minimum absolute atomic E-state index is 0.180. The Kier molecular flexibility index (Phi) is 3.71. The molecule has 6 heteroatoms. The largest absolute Gasteiger partial charge is 0.481 e. The van der Waals surface area contributed by atoms with Crippen molar-refractivity contribution < 1.29 is 14.7 Å². The molecule has 5 nitrogen and oxygen atoms in total. The predicted molar refractivity (Wildman–Crippen MR) is 81.5 cm³/mol. The highest BCUT2D eigenvalue weighted by Gasteiger charge is 2.50. The third kappa shape index (κ3) is 2.95. The number of nitrogens with zero attached hydrogens (tertiary/aromatic N) is 1. The van der Waals surface area contributed by atoms with Gasteiger partial charge in [0.05, 0.1) is 10.5 Å². The van der Waals surface area contributed by atoms with Crippen molar-refractivity contribution in [3.05, 3.63) is 35.9 Å². The van der Waals surface area contributed by atoms with Gasteiger partial charge in [-0.15, -0.1) is 11.8 Å². The van der Waals surface area contributed by atoms with Gasteiger partial charge in [0, 0.05) is 17.9 Å². The molecule has 1 unspecified atom stereocenters. The van der Waals surface area contributed by atoms with E-state index >= 15 is 0 Å². The van der Waals surface area contributed by atoms with E-state index in [1.165, 1.54) is 0 Å². The number of carboxylic acid groups (broad SMARTS) is 1. The molecule has 0 bridgehead atoms. The number of thioether (sulfide) groups is 1. The van der Waals surface area contributed by atoms with Crippen LogP contribution in [0.1, 0.15) is 18.4 Å². The molecule has 1 atom stereocenters. The highest BCUT2D eigenvalue weighted by Crippen LogP contribution is 2.45. The van der Waals surface area contributed by atoms with Crippen molar-refractivity contribution in [2.45, 2.75) is 18.9 Å². The van der Waals surface area contributed by atoms with Crippen LogP contribution >= 0.6 is 11.8 Å². The van der Waals surface area contributed by atoms with Gasteiger partial charge >= 0.3 is 5.97 Å². The van der Waals surface area contributed by atoms with E-state index in [1.54, 1.807) is 11.8 Å². The molecule has 1 saturated carbocycles. The Morgan fingerprint density at radius 1 is 1.33 bits per heavy atom. The van der Waals surface area contributed by atoms with Crippen molar-refractivity contribution in [1.29, 1.82) is 0 Å². The van der Waals surface area contributed by atoms with Crippen LogP contribution in [0.25, 0.3) is 0 Å². The number of rotatable bonds is 5. The number of hydrogen-bond acceptors (Lipinski definition) is 4. The molecule has 0 spiro atoms.